The van der Waals surface area contributed by atoms with E-state index in [2.05, 4.69) is 56.6 Å². The highest BCUT2D eigenvalue weighted by molar-refractivity contribution is 4.60. The van der Waals surface area contributed by atoms with E-state index in [1.807, 2.05) is 0 Å². The van der Waals surface area contributed by atoms with E-state index in [-0.39, 0.29) is 0 Å². The third kappa shape index (κ3) is 9.57. The second-order valence-electron chi connectivity index (χ2n) is 5.48. The van der Waals surface area contributed by atoms with Gasteiger partial charge in [0.05, 0.1) is 0 Å². The third-order valence-electron chi connectivity index (χ3n) is 3.55. The molecule has 0 aromatic rings. The van der Waals surface area contributed by atoms with E-state index in [0.717, 1.165) is 6.54 Å². The van der Waals surface area contributed by atoms with Crippen molar-refractivity contribution in [1.82, 2.24) is 14.7 Å². The summed E-state index contributed by atoms with van der Waals surface area (Å²) in [4.78, 5) is 7.25. The molecule has 104 valence electrons. The molecule has 0 aliphatic carbocycles. The van der Waals surface area contributed by atoms with Gasteiger partial charge in [-0.3, -0.25) is 0 Å². The van der Waals surface area contributed by atoms with Gasteiger partial charge >= 0.3 is 0 Å². The van der Waals surface area contributed by atoms with Gasteiger partial charge in [0, 0.05) is 6.04 Å². The van der Waals surface area contributed by atoms with Gasteiger partial charge in [0.2, 0.25) is 0 Å². The van der Waals surface area contributed by atoms with Gasteiger partial charge in [-0.25, -0.2) is 0 Å². The molecule has 0 amide bonds. The van der Waals surface area contributed by atoms with E-state index < -0.39 is 0 Å². The van der Waals surface area contributed by atoms with Crippen molar-refractivity contribution in [1.29, 1.82) is 0 Å². The molecular formula is C14H33N3. The first-order valence-electron chi connectivity index (χ1n) is 7.04. The minimum atomic E-state index is 0.665. The Hall–Kier alpha value is -0.120. The zero-order chi connectivity index (χ0) is 13.3. The van der Waals surface area contributed by atoms with Crippen molar-refractivity contribution in [3.05, 3.63) is 0 Å². The lowest BCUT2D eigenvalue weighted by atomic mass is 10.3. The fourth-order valence-electron chi connectivity index (χ4n) is 1.73. The Bertz CT molecular complexity index is 171. The number of rotatable bonds is 10. The predicted octanol–water partition coefficient (Wildman–Crippen LogP) is 1.99. The minimum absolute atomic E-state index is 0.665. The normalized spacial score (nSPS) is 12.4. The lowest BCUT2D eigenvalue weighted by molar-refractivity contribution is 0.237. The first-order valence-corrected chi connectivity index (χ1v) is 7.04. The van der Waals surface area contributed by atoms with Crippen molar-refractivity contribution in [3.8, 4) is 0 Å². The monoisotopic (exact) mass is 243 g/mol. The number of hydrogen-bond donors (Lipinski definition) is 0. The summed E-state index contributed by atoms with van der Waals surface area (Å²) in [5, 5.41) is 0. The van der Waals surface area contributed by atoms with Crippen molar-refractivity contribution in [2.75, 3.05) is 53.9 Å². The maximum Gasteiger partial charge on any atom is 0.00355 e. The van der Waals surface area contributed by atoms with Crippen LogP contribution in [0.4, 0.5) is 0 Å². The van der Waals surface area contributed by atoms with E-state index >= 15 is 0 Å². The van der Waals surface area contributed by atoms with Crippen LogP contribution in [0.1, 0.15) is 33.6 Å². The van der Waals surface area contributed by atoms with E-state index in [4.69, 9.17) is 0 Å². The molecule has 0 fully saturated rings. The first kappa shape index (κ1) is 16.9. The fraction of sp³-hybridized carbons (Fsp3) is 1.00. The summed E-state index contributed by atoms with van der Waals surface area (Å²) in [6.07, 6.45) is 2.55. The highest BCUT2D eigenvalue weighted by Crippen LogP contribution is 1.97. The van der Waals surface area contributed by atoms with Crippen molar-refractivity contribution in [2.45, 2.75) is 39.7 Å². The maximum atomic E-state index is 2.46. The average Bonchev–Trinajstić information content (AvgIpc) is 2.28. The molecule has 0 atom stereocenters. The Morgan fingerprint density at radius 1 is 0.765 bits per heavy atom. The molecule has 17 heavy (non-hydrogen) atoms. The summed E-state index contributed by atoms with van der Waals surface area (Å²) in [5.41, 5.74) is 0. The highest BCUT2D eigenvalue weighted by atomic mass is 15.1. The van der Waals surface area contributed by atoms with Crippen LogP contribution in [0.15, 0.2) is 0 Å². The quantitative estimate of drug-likeness (QED) is 0.581. The molecule has 0 aromatic heterocycles. The molecule has 0 N–H and O–H groups in total. The minimum Gasteiger partial charge on any atom is -0.307 e. The standard InChI is InChI=1S/C14H33N3/c1-7-15(4)10-8-11-16(5)12-9-13-17(6)14(2)3/h14H,7-13H2,1-6H3. The van der Waals surface area contributed by atoms with Gasteiger partial charge in [0.1, 0.15) is 0 Å². The SMILES string of the molecule is CCN(C)CCCN(C)CCCN(C)C(C)C. The Morgan fingerprint density at radius 2 is 1.24 bits per heavy atom. The second kappa shape index (κ2) is 9.86. The lowest BCUT2D eigenvalue weighted by Gasteiger charge is -2.23. The summed E-state index contributed by atoms with van der Waals surface area (Å²) in [7, 11) is 6.64. The van der Waals surface area contributed by atoms with Gasteiger partial charge < -0.3 is 14.7 Å². The Balaban J connectivity index is 3.43. The summed E-state index contributed by atoms with van der Waals surface area (Å²) in [5.74, 6) is 0. The molecule has 0 saturated carbocycles. The first-order chi connectivity index (χ1) is 7.97. The molecule has 0 aromatic carbocycles. The summed E-state index contributed by atoms with van der Waals surface area (Å²) < 4.78 is 0. The molecule has 0 rings (SSSR count). The average molecular weight is 243 g/mol. The van der Waals surface area contributed by atoms with Crippen LogP contribution >= 0.6 is 0 Å². The molecule has 0 bridgehead atoms. The van der Waals surface area contributed by atoms with Crippen LogP contribution in [0.3, 0.4) is 0 Å². The van der Waals surface area contributed by atoms with Gasteiger partial charge in [-0.2, -0.15) is 0 Å². The van der Waals surface area contributed by atoms with E-state index in [9.17, 15) is 0 Å². The van der Waals surface area contributed by atoms with Gasteiger partial charge in [-0.15, -0.1) is 0 Å². The summed E-state index contributed by atoms with van der Waals surface area (Å²) in [6, 6.07) is 0.665. The largest absolute Gasteiger partial charge is 0.307 e. The predicted molar refractivity (Wildman–Crippen MR) is 77.7 cm³/mol. The van der Waals surface area contributed by atoms with Gasteiger partial charge in [-0.1, -0.05) is 6.92 Å². The van der Waals surface area contributed by atoms with Crippen molar-refractivity contribution < 1.29 is 0 Å². The van der Waals surface area contributed by atoms with Gasteiger partial charge in [0.25, 0.3) is 0 Å². The Kier molecular flexibility index (Phi) is 9.79. The Morgan fingerprint density at radius 3 is 1.71 bits per heavy atom. The van der Waals surface area contributed by atoms with Crippen LogP contribution in [0, 0.1) is 0 Å². The summed E-state index contributed by atoms with van der Waals surface area (Å²) >= 11 is 0. The molecule has 0 spiro atoms. The van der Waals surface area contributed by atoms with Crippen LogP contribution in [0.2, 0.25) is 0 Å². The second-order valence-corrected chi connectivity index (χ2v) is 5.48. The lowest BCUT2D eigenvalue weighted by Crippen LogP contribution is -2.31. The van der Waals surface area contributed by atoms with Crippen LogP contribution < -0.4 is 0 Å². The van der Waals surface area contributed by atoms with Crippen molar-refractivity contribution in [3.63, 3.8) is 0 Å². The molecule has 0 unspecified atom stereocenters. The number of hydrogen-bond acceptors (Lipinski definition) is 3. The van der Waals surface area contributed by atoms with Gasteiger partial charge in [-0.05, 0) is 80.6 Å². The molecular weight excluding hydrogens is 210 g/mol. The maximum absolute atomic E-state index is 2.46. The van der Waals surface area contributed by atoms with Crippen LogP contribution in [0.5, 0.6) is 0 Å². The molecule has 3 heteroatoms. The molecule has 3 nitrogen and oxygen atoms in total. The fourth-order valence-corrected chi connectivity index (χ4v) is 1.73. The third-order valence-corrected chi connectivity index (χ3v) is 3.55. The zero-order valence-electron chi connectivity index (χ0n) is 12.9. The van der Waals surface area contributed by atoms with E-state index in [1.165, 1.54) is 39.0 Å². The van der Waals surface area contributed by atoms with Crippen LogP contribution in [0.25, 0.3) is 0 Å². The van der Waals surface area contributed by atoms with Crippen LogP contribution in [-0.4, -0.2) is 74.6 Å². The highest BCUT2D eigenvalue weighted by Gasteiger charge is 2.04. The smallest absolute Gasteiger partial charge is 0.00355 e. The topological polar surface area (TPSA) is 9.72 Å². The van der Waals surface area contributed by atoms with Gasteiger partial charge in [0.15, 0.2) is 0 Å². The molecule has 0 aliphatic rings. The van der Waals surface area contributed by atoms with E-state index in [1.54, 1.807) is 0 Å². The van der Waals surface area contributed by atoms with Crippen molar-refractivity contribution >= 4 is 0 Å². The molecule has 0 saturated heterocycles. The van der Waals surface area contributed by atoms with Crippen molar-refractivity contribution in [2.24, 2.45) is 0 Å². The molecule has 0 radical (unpaired) electrons. The zero-order valence-corrected chi connectivity index (χ0v) is 12.9. The molecule has 0 aliphatic heterocycles. The molecule has 0 heterocycles. The Labute approximate surface area is 109 Å². The number of nitrogens with zero attached hydrogens (tertiary/aromatic N) is 3. The summed E-state index contributed by atoms with van der Waals surface area (Å²) in [6.45, 7) is 12.7. The van der Waals surface area contributed by atoms with E-state index in [0.29, 0.717) is 6.04 Å². The van der Waals surface area contributed by atoms with Crippen LogP contribution in [-0.2, 0) is 0 Å².